The van der Waals surface area contributed by atoms with Crippen LogP contribution in [0.3, 0.4) is 0 Å². The first-order valence-electron chi connectivity index (χ1n) is 6.34. The molecule has 1 aliphatic heterocycles. The second-order valence-electron chi connectivity index (χ2n) is 4.86. The number of rotatable bonds is 2. The number of piperidine rings is 1. The highest BCUT2D eigenvalue weighted by molar-refractivity contribution is 5.53. The first-order chi connectivity index (χ1) is 8.83. The Morgan fingerprint density at radius 2 is 1.94 bits per heavy atom. The van der Waals surface area contributed by atoms with Gasteiger partial charge in [0.2, 0.25) is 0 Å². The fourth-order valence-electron chi connectivity index (χ4n) is 2.37. The van der Waals surface area contributed by atoms with Crippen LogP contribution in [0.1, 0.15) is 24.6 Å². The van der Waals surface area contributed by atoms with Crippen molar-refractivity contribution in [2.45, 2.75) is 18.8 Å². The van der Waals surface area contributed by atoms with Gasteiger partial charge >= 0.3 is 0 Å². The molecule has 3 rings (SSSR count). The van der Waals surface area contributed by atoms with Gasteiger partial charge in [-0.1, -0.05) is 0 Å². The van der Waals surface area contributed by atoms with Gasteiger partial charge in [-0.15, -0.1) is 0 Å². The third kappa shape index (κ3) is 2.26. The summed E-state index contributed by atoms with van der Waals surface area (Å²) in [5.74, 6) is 2.31. The normalized spacial score (nSPS) is 18.1. The molecule has 2 aromatic rings. The maximum atomic E-state index is 4.62. The number of H-pyrrole nitrogens is 1. The van der Waals surface area contributed by atoms with Gasteiger partial charge in [0.15, 0.2) is 5.82 Å². The third-order valence-electron chi connectivity index (χ3n) is 3.55. The van der Waals surface area contributed by atoms with Crippen molar-refractivity contribution >= 4 is 0 Å². The molecule has 5 nitrogen and oxygen atoms in total. The lowest BCUT2D eigenvalue weighted by atomic mass is 9.96. The molecule has 0 aromatic carbocycles. The van der Waals surface area contributed by atoms with Crippen molar-refractivity contribution in [1.29, 1.82) is 0 Å². The first kappa shape index (κ1) is 11.3. The molecule has 0 saturated carbocycles. The van der Waals surface area contributed by atoms with Crippen molar-refractivity contribution in [3.05, 3.63) is 30.4 Å². The van der Waals surface area contributed by atoms with Crippen LogP contribution in [0, 0.1) is 0 Å². The van der Waals surface area contributed by atoms with Crippen molar-refractivity contribution < 1.29 is 0 Å². The molecular formula is C13H17N5. The van der Waals surface area contributed by atoms with E-state index in [4.69, 9.17) is 0 Å². The van der Waals surface area contributed by atoms with E-state index in [9.17, 15) is 0 Å². The molecule has 0 radical (unpaired) electrons. The van der Waals surface area contributed by atoms with Gasteiger partial charge in [-0.25, -0.2) is 4.98 Å². The Hall–Kier alpha value is -1.75. The van der Waals surface area contributed by atoms with E-state index in [0.29, 0.717) is 5.92 Å². The summed E-state index contributed by atoms with van der Waals surface area (Å²) in [6, 6.07) is 3.86. The van der Waals surface area contributed by atoms with Crippen molar-refractivity contribution in [3.8, 4) is 11.4 Å². The molecule has 1 saturated heterocycles. The van der Waals surface area contributed by atoms with Crippen LogP contribution in [-0.4, -0.2) is 45.2 Å². The van der Waals surface area contributed by atoms with Gasteiger partial charge in [0.1, 0.15) is 5.82 Å². The van der Waals surface area contributed by atoms with Gasteiger partial charge in [-0.05, 0) is 45.1 Å². The number of nitrogens with zero attached hydrogens (tertiary/aromatic N) is 4. The number of pyridine rings is 1. The molecule has 94 valence electrons. The average molecular weight is 243 g/mol. The van der Waals surface area contributed by atoms with Crippen LogP contribution >= 0.6 is 0 Å². The fourth-order valence-corrected chi connectivity index (χ4v) is 2.37. The van der Waals surface area contributed by atoms with Gasteiger partial charge in [0.25, 0.3) is 0 Å². The number of nitrogens with one attached hydrogen (secondary N) is 1. The van der Waals surface area contributed by atoms with Crippen LogP contribution in [0.2, 0.25) is 0 Å². The molecule has 0 spiro atoms. The van der Waals surface area contributed by atoms with E-state index >= 15 is 0 Å². The summed E-state index contributed by atoms with van der Waals surface area (Å²) in [4.78, 5) is 11.0. The number of hydrogen-bond donors (Lipinski definition) is 1. The first-order valence-corrected chi connectivity index (χ1v) is 6.34. The Kier molecular flexibility index (Phi) is 3.06. The van der Waals surface area contributed by atoms with E-state index < -0.39 is 0 Å². The molecule has 3 heterocycles. The molecule has 1 fully saturated rings. The Balaban J connectivity index is 1.78. The Morgan fingerprint density at radius 3 is 2.67 bits per heavy atom. The van der Waals surface area contributed by atoms with E-state index in [0.717, 1.165) is 43.1 Å². The summed E-state index contributed by atoms with van der Waals surface area (Å²) in [6.07, 6.45) is 5.84. The molecule has 0 amide bonds. The number of likely N-dealkylation sites (tertiary alicyclic amines) is 1. The minimum atomic E-state index is 0.518. The minimum Gasteiger partial charge on any atom is -0.306 e. The van der Waals surface area contributed by atoms with E-state index in [1.165, 1.54) is 0 Å². The molecule has 0 unspecified atom stereocenters. The fraction of sp³-hybridized carbons (Fsp3) is 0.462. The smallest absolute Gasteiger partial charge is 0.181 e. The predicted molar refractivity (Wildman–Crippen MR) is 69.1 cm³/mol. The summed E-state index contributed by atoms with van der Waals surface area (Å²) < 4.78 is 0. The van der Waals surface area contributed by atoms with Crippen molar-refractivity contribution in [3.63, 3.8) is 0 Å². The van der Waals surface area contributed by atoms with Crippen LogP contribution < -0.4 is 0 Å². The maximum Gasteiger partial charge on any atom is 0.181 e. The van der Waals surface area contributed by atoms with Crippen LogP contribution in [0.5, 0.6) is 0 Å². The molecule has 2 aromatic heterocycles. The standard InChI is InChI=1S/C13H17N5/c1-18-8-4-11(5-9-18)13-15-12(16-17-13)10-2-6-14-7-3-10/h2-3,6-7,11H,4-5,8-9H2,1H3,(H,15,16,17). The van der Waals surface area contributed by atoms with Gasteiger partial charge < -0.3 is 4.90 Å². The summed E-state index contributed by atoms with van der Waals surface area (Å²) in [5.41, 5.74) is 1.01. The predicted octanol–water partition coefficient (Wildman–Crippen LogP) is 1.68. The van der Waals surface area contributed by atoms with Crippen LogP contribution in [0.25, 0.3) is 11.4 Å². The van der Waals surface area contributed by atoms with Crippen molar-refractivity contribution in [2.24, 2.45) is 0 Å². The lowest BCUT2D eigenvalue weighted by molar-refractivity contribution is 0.251. The maximum absolute atomic E-state index is 4.62. The molecule has 1 aliphatic rings. The zero-order chi connectivity index (χ0) is 12.4. The van der Waals surface area contributed by atoms with Gasteiger partial charge in [0, 0.05) is 23.9 Å². The summed E-state index contributed by atoms with van der Waals surface area (Å²) in [6.45, 7) is 2.27. The largest absolute Gasteiger partial charge is 0.306 e. The third-order valence-corrected chi connectivity index (χ3v) is 3.55. The number of aromatic amines is 1. The van der Waals surface area contributed by atoms with Gasteiger partial charge in [-0.2, -0.15) is 5.10 Å². The second-order valence-corrected chi connectivity index (χ2v) is 4.86. The number of aromatic nitrogens is 4. The molecule has 5 heteroatoms. The Morgan fingerprint density at radius 1 is 1.22 bits per heavy atom. The van der Waals surface area contributed by atoms with Crippen molar-refractivity contribution in [2.75, 3.05) is 20.1 Å². The number of hydrogen-bond acceptors (Lipinski definition) is 4. The average Bonchev–Trinajstić information content (AvgIpc) is 2.90. The zero-order valence-corrected chi connectivity index (χ0v) is 10.5. The minimum absolute atomic E-state index is 0.518. The monoisotopic (exact) mass is 243 g/mol. The lowest BCUT2D eigenvalue weighted by Crippen LogP contribution is -2.29. The Bertz CT molecular complexity index is 499. The quantitative estimate of drug-likeness (QED) is 0.871. The highest BCUT2D eigenvalue weighted by atomic mass is 15.2. The SMILES string of the molecule is CN1CCC(c2nc(-c3ccncc3)n[nH]2)CC1. The highest BCUT2D eigenvalue weighted by Gasteiger charge is 2.21. The Labute approximate surface area is 106 Å². The summed E-state index contributed by atoms with van der Waals surface area (Å²) >= 11 is 0. The summed E-state index contributed by atoms with van der Waals surface area (Å²) in [5, 5.41) is 7.39. The highest BCUT2D eigenvalue weighted by Crippen LogP contribution is 2.26. The topological polar surface area (TPSA) is 57.7 Å². The van der Waals surface area contributed by atoms with E-state index in [1.807, 2.05) is 12.1 Å². The van der Waals surface area contributed by atoms with E-state index in [1.54, 1.807) is 12.4 Å². The molecule has 1 N–H and O–H groups in total. The molecule has 0 aliphatic carbocycles. The second kappa shape index (κ2) is 4.86. The molecule has 0 bridgehead atoms. The van der Waals surface area contributed by atoms with Crippen LogP contribution in [-0.2, 0) is 0 Å². The summed E-state index contributed by atoms with van der Waals surface area (Å²) in [7, 11) is 2.17. The molecular weight excluding hydrogens is 226 g/mol. The van der Waals surface area contributed by atoms with Crippen LogP contribution in [0.4, 0.5) is 0 Å². The molecule has 0 atom stereocenters. The van der Waals surface area contributed by atoms with Gasteiger partial charge in [-0.3, -0.25) is 10.1 Å². The van der Waals surface area contributed by atoms with Crippen molar-refractivity contribution in [1.82, 2.24) is 25.1 Å². The van der Waals surface area contributed by atoms with Crippen LogP contribution in [0.15, 0.2) is 24.5 Å². The van der Waals surface area contributed by atoms with E-state index in [2.05, 4.69) is 32.1 Å². The lowest BCUT2D eigenvalue weighted by Gasteiger charge is -2.27. The zero-order valence-electron chi connectivity index (χ0n) is 10.5. The molecule has 18 heavy (non-hydrogen) atoms. The van der Waals surface area contributed by atoms with E-state index in [-0.39, 0.29) is 0 Å². The van der Waals surface area contributed by atoms with Gasteiger partial charge in [0.05, 0.1) is 0 Å².